The predicted molar refractivity (Wildman–Crippen MR) is 111 cm³/mol. The Hall–Kier alpha value is -3.37. The molecule has 7 nitrogen and oxygen atoms in total. The van der Waals surface area contributed by atoms with E-state index in [2.05, 4.69) is 14.6 Å². The molecule has 0 saturated heterocycles. The number of fused-ring (bicyclic) bond motifs is 2. The Balaban J connectivity index is 0.00000225. The predicted octanol–water partition coefficient (Wildman–Crippen LogP) is 4.87. The molecule has 0 aliphatic heterocycles. The van der Waals surface area contributed by atoms with E-state index in [4.69, 9.17) is 11.6 Å². The summed E-state index contributed by atoms with van der Waals surface area (Å²) >= 11 is 0. The van der Waals surface area contributed by atoms with Gasteiger partial charge in [0.1, 0.15) is 5.82 Å². The fourth-order valence-electron chi connectivity index (χ4n) is 3.47. The highest BCUT2D eigenvalue weighted by molar-refractivity contribution is 5.95. The Morgan fingerprint density at radius 1 is 1.07 bits per heavy atom. The van der Waals surface area contributed by atoms with E-state index in [9.17, 15) is 10.0 Å². The number of benzene rings is 2. The largest absolute Gasteiger partial charge is 0.493 e. The molecule has 28 heavy (non-hydrogen) atoms. The van der Waals surface area contributed by atoms with Crippen LogP contribution in [-0.2, 0) is 13.1 Å². The van der Waals surface area contributed by atoms with Gasteiger partial charge in [-0.15, -0.1) is 17.3 Å². The summed E-state index contributed by atoms with van der Waals surface area (Å²) in [5.74, 6) is 0.598. The quantitative estimate of drug-likeness (QED) is 0.287. The molecule has 2 aromatic carbocycles. The highest BCUT2D eigenvalue weighted by Gasteiger charge is 2.19. The van der Waals surface area contributed by atoms with Crippen molar-refractivity contribution in [3.8, 4) is 5.88 Å². The summed E-state index contributed by atoms with van der Waals surface area (Å²) in [7, 11) is 0. The Morgan fingerprint density at radius 2 is 1.79 bits per heavy atom. The van der Waals surface area contributed by atoms with Crippen LogP contribution in [0.2, 0.25) is 0 Å². The maximum Gasteiger partial charge on any atom is 0.222 e. The number of hydrogen-bond acceptors (Lipinski definition) is 4. The van der Waals surface area contributed by atoms with Crippen LogP contribution in [0.3, 0.4) is 0 Å². The summed E-state index contributed by atoms with van der Waals surface area (Å²) in [6.45, 7) is 8.40. The zero-order valence-corrected chi connectivity index (χ0v) is 15.8. The number of hydrogen-bond donors (Lipinski definition) is 1. The summed E-state index contributed by atoms with van der Waals surface area (Å²) in [4.78, 5) is 19.4. The van der Waals surface area contributed by atoms with Crippen molar-refractivity contribution in [1.82, 2.24) is 14.1 Å². The minimum Gasteiger partial charge on any atom is -0.493 e. The van der Waals surface area contributed by atoms with E-state index < -0.39 is 0 Å². The van der Waals surface area contributed by atoms with Crippen LogP contribution in [0.25, 0.3) is 26.8 Å². The van der Waals surface area contributed by atoms with Crippen LogP contribution in [-0.4, -0.2) is 25.8 Å². The first-order valence-electron chi connectivity index (χ1n) is 8.65. The Labute approximate surface area is 167 Å². The number of aromatic hydroxyl groups is 1. The molecule has 0 atom stereocenters. The molecular weight excluding hydrogens is 378 g/mol. The minimum absolute atomic E-state index is 0. The van der Waals surface area contributed by atoms with E-state index >= 15 is 0 Å². The second-order valence-electron chi connectivity index (χ2n) is 6.27. The molecule has 0 amide bonds. The Kier molecular flexibility index (Phi) is 5.62. The van der Waals surface area contributed by atoms with Gasteiger partial charge in [0.25, 0.3) is 0 Å². The maximum atomic E-state index is 11.2. The van der Waals surface area contributed by atoms with Gasteiger partial charge in [-0.1, -0.05) is 30.3 Å². The fourth-order valence-corrected chi connectivity index (χ4v) is 3.47. The van der Waals surface area contributed by atoms with Gasteiger partial charge in [0.15, 0.2) is 5.69 Å². The SMILES string of the molecule is Cl.[C-]#[N+]CCCn1c(Cn2c(O)c(N=O)c3ccccc32)nc2ccccc21. The van der Waals surface area contributed by atoms with Gasteiger partial charge in [-0.05, 0) is 23.4 Å². The summed E-state index contributed by atoms with van der Waals surface area (Å²) in [5.41, 5.74) is 2.62. The van der Waals surface area contributed by atoms with Crippen LogP contribution in [0, 0.1) is 11.5 Å². The maximum absolute atomic E-state index is 11.2. The zero-order valence-electron chi connectivity index (χ0n) is 14.9. The van der Waals surface area contributed by atoms with Crippen molar-refractivity contribution in [3.63, 3.8) is 0 Å². The zero-order chi connectivity index (χ0) is 18.8. The van der Waals surface area contributed by atoms with Crippen molar-refractivity contribution in [2.75, 3.05) is 6.54 Å². The monoisotopic (exact) mass is 395 g/mol. The highest BCUT2D eigenvalue weighted by Crippen LogP contribution is 2.38. The molecule has 142 valence electrons. The van der Waals surface area contributed by atoms with E-state index in [1.807, 2.05) is 36.4 Å². The summed E-state index contributed by atoms with van der Waals surface area (Å²) in [5, 5.41) is 14.2. The molecule has 8 heteroatoms. The summed E-state index contributed by atoms with van der Waals surface area (Å²) in [6, 6.07) is 15.1. The normalized spacial score (nSPS) is 10.7. The first-order valence-corrected chi connectivity index (χ1v) is 8.65. The van der Waals surface area contributed by atoms with E-state index in [0.717, 1.165) is 28.8 Å². The highest BCUT2D eigenvalue weighted by atomic mass is 35.5. The molecule has 0 bridgehead atoms. The van der Waals surface area contributed by atoms with Crippen LogP contribution in [0.15, 0.2) is 53.7 Å². The second-order valence-corrected chi connectivity index (χ2v) is 6.27. The first kappa shape index (κ1) is 19.4. The third kappa shape index (κ3) is 3.19. The van der Waals surface area contributed by atoms with Crippen molar-refractivity contribution in [1.29, 1.82) is 0 Å². The van der Waals surface area contributed by atoms with Gasteiger partial charge in [-0.25, -0.2) is 11.6 Å². The Bertz CT molecular complexity index is 1190. The molecular formula is C20H18ClN5O2. The van der Waals surface area contributed by atoms with E-state index in [1.54, 1.807) is 16.7 Å². The smallest absolute Gasteiger partial charge is 0.222 e. The van der Waals surface area contributed by atoms with Crippen LogP contribution in [0.4, 0.5) is 5.69 Å². The minimum atomic E-state index is -0.161. The third-order valence-electron chi connectivity index (χ3n) is 4.69. The number of nitroso groups, excluding NO2 is 1. The number of aromatic nitrogens is 3. The molecule has 4 aromatic rings. The van der Waals surface area contributed by atoms with Gasteiger partial charge in [-0.3, -0.25) is 0 Å². The van der Waals surface area contributed by atoms with Gasteiger partial charge in [0.2, 0.25) is 12.4 Å². The molecule has 0 spiro atoms. The molecule has 0 aliphatic carbocycles. The molecule has 1 N–H and O–H groups in total. The molecule has 0 aliphatic rings. The van der Waals surface area contributed by atoms with Crippen molar-refractivity contribution >= 4 is 40.0 Å². The van der Waals surface area contributed by atoms with E-state index in [-0.39, 0.29) is 24.0 Å². The first-order chi connectivity index (χ1) is 13.2. The molecule has 0 saturated carbocycles. The topological polar surface area (TPSA) is 76.8 Å². The molecule has 0 fully saturated rings. The van der Waals surface area contributed by atoms with Crippen LogP contribution >= 0.6 is 12.4 Å². The van der Waals surface area contributed by atoms with Crippen molar-refractivity contribution in [3.05, 3.63) is 70.7 Å². The lowest BCUT2D eigenvalue weighted by atomic mass is 10.2. The molecule has 4 rings (SSSR count). The van der Waals surface area contributed by atoms with Gasteiger partial charge >= 0.3 is 0 Å². The summed E-state index contributed by atoms with van der Waals surface area (Å²) < 4.78 is 3.72. The number of imidazole rings is 1. The van der Waals surface area contributed by atoms with Crippen LogP contribution in [0.1, 0.15) is 12.2 Å². The average Bonchev–Trinajstić information content (AvgIpc) is 3.17. The lowest BCUT2D eigenvalue weighted by Crippen LogP contribution is -2.09. The number of halogens is 1. The number of nitrogens with zero attached hydrogens (tertiary/aromatic N) is 5. The molecule has 0 radical (unpaired) electrons. The average molecular weight is 396 g/mol. The molecule has 2 aromatic heterocycles. The van der Waals surface area contributed by atoms with Gasteiger partial charge in [-0.2, -0.15) is 0 Å². The van der Waals surface area contributed by atoms with Crippen molar-refractivity contribution < 1.29 is 5.11 Å². The van der Waals surface area contributed by atoms with Gasteiger partial charge < -0.3 is 19.1 Å². The fraction of sp³-hybridized carbons (Fsp3) is 0.200. The van der Waals surface area contributed by atoms with Crippen molar-refractivity contribution in [2.24, 2.45) is 5.18 Å². The Morgan fingerprint density at radius 3 is 2.54 bits per heavy atom. The summed E-state index contributed by atoms with van der Waals surface area (Å²) in [6.07, 6.45) is 0.719. The lowest BCUT2D eigenvalue weighted by molar-refractivity contribution is 0.426. The second kappa shape index (κ2) is 8.11. The van der Waals surface area contributed by atoms with Crippen molar-refractivity contribution in [2.45, 2.75) is 19.5 Å². The van der Waals surface area contributed by atoms with Crippen LogP contribution in [0.5, 0.6) is 5.88 Å². The van der Waals surface area contributed by atoms with E-state index in [1.165, 1.54) is 0 Å². The number of para-hydroxylation sites is 3. The standard InChI is InChI=1S/C20H17N5O2.ClH/c1-21-11-6-12-24-17-10-5-3-8-15(17)22-18(24)13-25-16-9-4-2-7-14(16)19(23-27)20(25)26;/h2-5,7-10,26H,6,11-13H2;1H. The number of aryl methyl sites for hydroxylation is 1. The molecule has 0 unspecified atom stereocenters. The van der Waals surface area contributed by atoms with Crippen LogP contribution < -0.4 is 0 Å². The molecule has 2 heterocycles. The van der Waals surface area contributed by atoms with Gasteiger partial charge in [0.05, 0.1) is 23.1 Å². The van der Waals surface area contributed by atoms with Gasteiger partial charge in [0, 0.05) is 18.4 Å². The lowest BCUT2D eigenvalue weighted by Gasteiger charge is -2.10. The number of rotatable bonds is 6. The van der Waals surface area contributed by atoms with E-state index in [0.29, 0.717) is 25.0 Å². The third-order valence-corrected chi connectivity index (χ3v) is 4.69.